The lowest BCUT2D eigenvalue weighted by Gasteiger charge is -2.24. The molecule has 1 aliphatic heterocycles. The van der Waals surface area contributed by atoms with Crippen LogP contribution in [0.2, 0.25) is 0 Å². The molecule has 1 aliphatic rings. The summed E-state index contributed by atoms with van der Waals surface area (Å²) in [5.74, 6) is 0.251. The molecule has 2 aromatic rings. The Bertz CT molecular complexity index is 805. The fourth-order valence-electron chi connectivity index (χ4n) is 3.46. The van der Waals surface area contributed by atoms with Gasteiger partial charge in [0.25, 0.3) is 5.69 Å². The molecule has 6 nitrogen and oxygen atoms in total. The molecule has 0 unspecified atom stereocenters. The lowest BCUT2D eigenvalue weighted by atomic mass is 10.0. The molecule has 0 atom stereocenters. The fourth-order valence-corrected chi connectivity index (χ4v) is 4.19. The van der Waals surface area contributed by atoms with Crippen molar-refractivity contribution in [2.75, 3.05) is 18.8 Å². The smallest absolute Gasteiger partial charge is 0.269 e. The van der Waals surface area contributed by atoms with Gasteiger partial charge in [0.1, 0.15) is 6.54 Å². The van der Waals surface area contributed by atoms with Gasteiger partial charge in [0, 0.05) is 29.1 Å². The van der Waals surface area contributed by atoms with Gasteiger partial charge in [0.15, 0.2) is 0 Å². The van der Waals surface area contributed by atoms with Gasteiger partial charge >= 0.3 is 0 Å². The second-order valence-electron chi connectivity index (χ2n) is 7.07. The topological polar surface area (TPSA) is 76.7 Å². The summed E-state index contributed by atoms with van der Waals surface area (Å²) in [6, 6.07) is 14.6. The number of quaternary nitrogens is 1. The zero-order chi connectivity index (χ0) is 19.8. The Morgan fingerprint density at radius 2 is 1.71 bits per heavy atom. The van der Waals surface area contributed by atoms with Crippen LogP contribution in [0.5, 0.6) is 0 Å². The first kappa shape index (κ1) is 20.4. The van der Waals surface area contributed by atoms with Crippen molar-refractivity contribution >= 4 is 23.4 Å². The Labute approximate surface area is 169 Å². The number of nitrogens with zero attached hydrogens (tertiary/aromatic N) is 1. The molecule has 7 heteroatoms. The highest BCUT2D eigenvalue weighted by Gasteiger charge is 2.16. The lowest BCUT2D eigenvalue weighted by Crippen LogP contribution is -3.11. The summed E-state index contributed by atoms with van der Waals surface area (Å²) in [6.07, 6.45) is 3.94. The standard InChI is InChI=1S/C21H25N3O3S/c25-21(16-28-20-10-8-19(9-11-20)24(26)27)22-14-17-6-2-3-7-18(17)15-23-12-4-1-5-13-23/h2-3,6-11H,1,4-5,12-16H2,(H,22,25)/p+1. The van der Waals surface area contributed by atoms with Crippen LogP contribution in [0.25, 0.3) is 0 Å². The molecule has 0 bridgehead atoms. The third-order valence-electron chi connectivity index (χ3n) is 5.01. The number of rotatable bonds is 8. The van der Waals surface area contributed by atoms with Gasteiger partial charge in [0.05, 0.1) is 23.8 Å². The summed E-state index contributed by atoms with van der Waals surface area (Å²) in [5, 5.41) is 13.7. The van der Waals surface area contributed by atoms with Gasteiger partial charge in [-0.05, 0) is 37.0 Å². The van der Waals surface area contributed by atoms with Gasteiger partial charge in [-0.1, -0.05) is 24.3 Å². The van der Waals surface area contributed by atoms with Crippen molar-refractivity contribution in [1.29, 1.82) is 0 Å². The number of hydrogen-bond donors (Lipinski definition) is 2. The Morgan fingerprint density at radius 1 is 1.04 bits per heavy atom. The molecule has 0 radical (unpaired) electrons. The van der Waals surface area contributed by atoms with E-state index in [0.717, 1.165) is 11.4 Å². The molecule has 3 rings (SSSR count). The number of thioether (sulfide) groups is 1. The van der Waals surface area contributed by atoms with E-state index in [0.29, 0.717) is 6.54 Å². The quantitative estimate of drug-likeness (QED) is 0.406. The summed E-state index contributed by atoms with van der Waals surface area (Å²) >= 11 is 1.38. The first-order valence-electron chi connectivity index (χ1n) is 9.66. The molecule has 2 N–H and O–H groups in total. The van der Waals surface area contributed by atoms with Crippen molar-refractivity contribution in [1.82, 2.24) is 5.32 Å². The molecule has 0 aromatic heterocycles. The molecule has 0 aliphatic carbocycles. The number of piperidine rings is 1. The molecule has 0 saturated carbocycles. The fraction of sp³-hybridized carbons (Fsp3) is 0.381. The van der Waals surface area contributed by atoms with Crippen LogP contribution >= 0.6 is 11.8 Å². The number of nitrogens with one attached hydrogen (secondary N) is 2. The number of carbonyl (C=O) groups is 1. The SMILES string of the molecule is O=C(CSc1ccc([N+](=O)[O-])cc1)NCc1ccccc1C[NH+]1CCCCC1. The number of non-ortho nitro benzene ring substituents is 1. The van der Waals surface area contributed by atoms with E-state index in [1.165, 1.54) is 67.4 Å². The number of amides is 1. The summed E-state index contributed by atoms with van der Waals surface area (Å²) in [7, 11) is 0. The number of carbonyl (C=O) groups excluding carboxylic acids is 1. The van der Waals surface area contributed by atoms with E-state index < -0.39 is 4.92 Å². The Balaban J connectivity index is 1.48. The highest BCUT2D eigenvalue weighted by atomic mass is 32.2. The first-order valence-corrected chi connectivity index (χ1v) is 10.6. The molecule has 1 heterocycles. The van der Waals surface area contributed by atoms with Gasteiger partial charge in [0.2, 0.25) is 5.91 Å². The van der Waals surface area contributed by atoms with Crippen molar-refractivity contribution in [3.63, 3.8) is 0 Å². The molecular weight excluding hydrogens is 374 g/mol. The normalized spacial score (nSPS) is 14.6. The highest BCUT2D eigenvalue weighted by molar-refractivity contribution is 8.00. The number of hydrogen-bond acceptors (Lipinski definition) is 4. The van der Waals surface area contributed by atoms with Crippen LogP contribution in [0.1, 0.15) is 30.4 Å². The van der Waals surface area contributed by atoms with E-state index in [-0.39, 0.29) is 17.3 Å². The number of nitro benzene ring substituents is 1. The third kappa shape index (κ3) is 6.07. The van der Waals surface area contributed by atoms with E-state index >= 15 is 0 Å². The van der Waals surface area contributed by atoms with Crippen LogP contribution < -0.4 is 10.2 Å². The minimum absolute atomic E-state index is 0.0384. The van der Waals surface area contributed by atoms with E-state index in [4.69, 9.17) is 0 Å². The largest absolute Gasteiger partial charge is 0.351 e. The van der Waals surface area contributed by atoms with Crippen molar-refractivity contribution in [2.45, 2.75) is 37.2 Å². The van der Waals surface area contributed by atoms with Crippen LogP contribution in [0, 0.1) is 10.1 Å². The zero-order valence-corrected chi connectivity index (χ0v) is 16.7. The first-order chi connectivity index (χ1) is 13.6. The number of likely N-dealkylation sites (tertiary alicyclic amines) is 1. The second-order valence-corrected chi connectivity index (χ2v) is 8.12. The Morgan fingerprint density at radius 3 is 2.39 bits per heavy atom. The minimum atomic E-state index is -0.426. The molecule has 1 saturated heterocycles. The summed E-state index contributed by atoms with van der Waals surface area (Å²) < 4.78 is 0. The minimum Gasteiger partial charge on any atom is -0.351 e. The predicted octanol–water partition coefficient (Wildman–Crippen LogP) is 2.57. The van der Waals surface area contributed by atoms with Crippen molar-refractivity contribution in [3.05, 3.63) is 69.8 Å². The van der Waals surface area contributed by atoms with Crippen LogP contribution in [-0.4, -0.2) is 29.7 Å². The highest BCUT2D eigenvalue weighted by Crippen LogP contribution is 2.21. The number of benzene rings is 2. The zero-order valence-electron chi connectivity index (χ0n) is 15.9. The van der Waals surface area contributed by atoms with Gasteiger partial charge in [-0.25, -0.2) is 0 Å². The Hall–Kier alpha value is -2.38. The molecule has 28 heavy (non-hydrogen) atoms. The summed E-state index contributed by atoms with van der Waals surface area (Å²) in [6.45, 7) is 4.01. The van der Waals surface area contributed by atoms with Crippen LogP contribution in [0.15, 0.2) is 53.4 Å². The van der Waals surface area contributed by atoms with E-state index in [1.807, 2.05) is 6.07 Å². The monoisotopic (exact) mass is 400 g/mol. The van der Waals surface area contributed by atoms with Gasteiger partial charge in [-0.3, -0.25) is 14.9 Å². The van der Waals surface area contributed by atoms with Gasteiger partial charge < -0.3 is 10.2 Å². The van der Waals surface area contributed by atoms with Gasteiger partial charge in [-0.2, -0.15) is 0 Å². The van der Waals surface area contributed by atoms with Crippen LogP contribution in [0.4, 0.5) is 5.69 Å². The average Bonchev–Trinajstić information content (AvgIpc) is 2.72. The second kappa shape index (κ2) is 10.2. The maximum absolute atomic E-state index is 12.2. The maximum atomic E-state index is 12.2. The average molecular weight is 401 g/mol. The molecule has 1 fully saturated rings. The molecule has 148 valence electrons. The van der Waals surface area contributed by atoms with Crippen molar-refractivity contribution < 1.29 is 14.6 Å². The number of nitro groups is 1. The van der Waals surface area contributed by atoms with Gasteiger partial charge in [-0.15, -0.1) is 11.8 Å². The maximum Gasteiger partial charge on any atom is 0.269 e. The molecule has 0 spiro atoms. The summed E-state index contributed by atoms with van der Waals surface area (Å²) in [5.41, 5.74) is 2.54. The predicted molar refractivity (Wildman–Crippen MR) is 110 cm³/mol. The van der Waals surface area contributed by atoms with E-state index in [1.54, 1.807) is 17.0 Å². The summed E-state index contributed by atoms with van der Waals surface area (Å²) in [4.78, 5) is 24.9. The van der Waals surface area contributed by atoms with E-state index in [2.05, 4.69) is 23.5 Å². The third-order valence-corrected chi connectivity index (χ3v) is 6.02. The van der Waals surface area contributed by atoms with E-state index in [9.17, 15) is 14.9 Å². The lowest BCUT2D eigenvalue weighted by molar-refractivity contribution is -0.918. The van der Waals surface area contributed by atoms with Crippen LogP contribution in [0.3, 0.4) is 0 Å². The molecular formula is C21H26N3O3S+. The molecule has 2 aromatic carbocycles. The Kier molecular flexibility index (Phi) is 7.45. The van der Waals surface area contributed by atoms with Crippen molar-refractivity contribution in [3.8, 4) is 0 Å². The van der Waals surface area contributed by atoms with Crippen LogP contribution in [-0.2, 0) is 17.9 Å². The molecule has 1 amide bonds. The van der Waals surface area contributed by atoms with Crippen molar-refractivity contribution in [2.24, 2.45) is 0 Å².